The highest BCUT2D eigenvalue weighted by molar-refractivity contribution is 4.94. The Labute approximate surface area is 94.8 Å². The Hall–Kier alpha value is 0. The van der Waals surface area contributed by atoms with Gasteiger partial charge in [0, 0.05) is 0 Å². The molecule has 0 nitrogen and oxygen atoms in total. The average molecular weight is 206 g/mol. The Bertz CT molecular complexity index is 220. The summed E-state index contributed by atoms with van der Waals surface area (Å²) in [5.41, 5.74) is 0. The molecule has 0 aromatic rings. The molecule has 3 aliphatic rings. The summed E-state index contributed by atoms with van der Waals surface area (Å²) in [4.78, 5) is 0. The molecule has 86 valence electrons. The van der Waals surface area contributed by atoms with E-state index in [0.717, 1.165) is 29.6 Å². The maximum Gasteiger partial charge on any atom is -0.0352 e. The Kier molecular flexibility index (Phi) is 2.79. The van der Waals surface area contributed by atoms with Gasteiger partial charge in [0.2, 0.25) is 0 Å². The summed E-state index contributed by atoms with van der Waals surface area (Å²) in [5.74, 6) is 5.72. The zero-order chi connectivity index (χ0) is 10.3. The van der Waals surface area contributed by atoms with Crippen LogP contribution in [-0.2, 0) is 0 Å². The van der Waals surface area contributed by atoms with Gasteiger partial charge >= 0.3 is 0 Å². The van der Waals surface area contributed by atoms with Crippen molar-refractivity contribution >= 4 is 0 Å². The standard InChI is InChI=1S/C15H26/c1-2-11-9-13-8-7-12-5-3-4-6-14(12)15(13)10-11/h11-15H,2-10H2,1H3. The minimum absolute atomic E-state index is 1.10. The molecule has 0 aromatic heterocycles. The fourth-order valence-electron chi connectivity index (χ4n) is 5.05. The molecule has 0 aromatic carbocycles. The van der Waals surface area contributed by atoms with E-state index in [2.05, 4.69) is 6.92 Å². The van der Waals surface area contributed by atoms with Crippen LogP contribution in [0.4, 0.5) is 0 Å². The van der Waals surface area contributed by atoms with Crippen LogP contribution in [0, 0.1) is 29.6 Å². The Morgan fingerprint density at radius 3 is 2.47 bits per heavy atom. The highest BCUT2D eigenvalue weighted by Crippen LogP contribution is 2.54. The van der Waals surface area contributed by atoms with Gasteiger partial charge in [-0.2, -0.15) is 0 Å². The van der Waals surface area contributed by atoms with Gasteiger partial charge in [0.05, 0.1) is 0 Å². The maximum atomic E-state index is 2.40. The largest absolute Gasteiger partial charge is 0.0651 e. The van der Waals surface area contributed by atoms with Crippen LogP contribution in [0.15, 0.2) is 0 Å². The second kappa shape index (κ2) is 4.11. The van der Waals surface area contributed by atoms with Gasteiger partial charge in [-0.15, -0.1) is 0 Å². The summed E-state index contributed by atoms with van der Waals surface area (Å²) in [5, 5.41) is 0. The van der Waals surface area contributed by atoms with E-state index >= 15 is 0 Å². The van der Waals surface area contributed by atoms with Gasteiger partial charge in [-0.3, -0.25) is 0 Å². The Morgan fingerprint density at radius 1 is 0.800 bits per heavy atom. The van der Waals surface area contributed by atoms with E-state index in [9.17, 15) is 0 Å². The lowest BCUT2D eigenvalue weighted by Gasteiger charge is -2.43. The maximum absolute atomic E-state index is 2.40. The topological polar surface area (TPSA) is 0 Å². The summed E-state index contributed by atoms with van der Waals surface area (Å²) in [6.07, 6.45) is 14.0. The molecule has 0 heterocycles. The first-order valence-electron chi connectivity index (χ1n) is 7.38. The fraction of sp³-hybridized carbons (Fsp3) is 1.00. The minimum Gasteiger partial charge on any atom is -0.0651 e. The molecule has 5 atom stereocenters. The third kappa shape index (κ3) is 1.74. The molecule has 0 radical (unpaired) electrons. The second-order valence-electron chi connectivity index (χ2n) is 6.46. The number of hydrogen-bond donors (Lipinski definition) is 0. The molecule has 3 rings (SSSR count). The fourth-order valence-corrected chi connectivity index (χ4v) is 5.05. The van der Waals surface area contributed by atoms with Crippen molar-refractivity contribution < 1.29 is 0 Å². The van der Waals surface area contributed by atoms with E-state index in [1.807, 2.05) is 0 Å². The van der Waals surface area contributed by atoms with Crippen LogP contribution in [0.25, 0.3) is 0 Å². The molecule has 0 aliphatic heterocycles. The molecule has 0 N–H and O–H groups in total. The van der Waals surface area contributed by atoms with E-state index in [4.69, 9.17) is 0 Å². The van der Waals surface area contributed by atoms with Crippen LogP contribution >= 0.6 is 0 Å². The third-order valence-corrected chi connectivity index (χ3v) is 5.85. The first-order chi connectivity index (χ1) is 7.38. The summed E-state index contributed by atoms with van der Waals surface area (Å²) in [6, 6.07) is 0. The lowest BCUT2D eigenvalue weighted by Crippen LogP contribution is -2.33. The smallest absolute Gasteiger partial charge is 0.0352 e. The third-order valence-electron chi connectivity index (χ3n) is 5.85. The lowest BCUT2D eigenvalue weighted by molar-refractivity contribution is 0.0726. The highest BCUT2D eigenvalue weighted by Gasteiger charge is 2.44. The van der Waals surface area contributed by atoms with Crippen LogP contribution in [0.1, 0.15) is 64.7 Å². The van der Waals surface area contributed by atoms with Gasteiger partial charge in [-0.05, 0) is 61.7 Å². The van der Waals surface area contributed by atoms with Crippen molar-refractivity contribution in [1.29, 1.82) is 0 Å². The SMILES string of the molecule is CCC1CC2CCC3CCCCC3C2C1. The second-order valence-corrected chi connectivity index (χ2v) is 6.46. The molecule has 5 unspecified atom stereocenters. The summed E-state index contributed by atoms with van der Waals surface area (Å²) < 4.78 is 0. The molecule has 3 aliphatic carbocycles. The zero-order valence-corrected chi connectivity index (χ0v) is 10.3. The zero-order valence-electron chi connectivity index (χ0n) is 10.3. The molecule has 15 heavy (non-hydrogen) atoms. The normalized spacial score (nSPS) is 49.8. The number of hydrogen-bond acceptors (Lipinski definition) is 0. The van der Waals surface area contributed by atoms with Gasteiger partial charge in [-0.25, -0.2) is 0 Å². The van der Waals surface area contributed by atoms with E-state index in [1.54, 1.807) is 44.9 Å². The summed E-state index contributed by atoms with van der Waals surface area (Å²) >= 11 is 0. The van der Waals surface area contributed by atoms with Crippen molar-refractivity contribution in [1.82, 2.24) is 0 Å². The van der Waals surface area contributed by atoms with Crippen molar-refractivity contribution in [2.24, 2.45) is 29.6 Å². The molecular formula is C15H26. The van der Waals surface area contributed by atoms with Gasteiger partial charge in [-0.1, -0.05) is 32.6 Å². The van der Waals surface area contributed by atoms with Crippen LogP contribution in [-0.4, -0.2) is 0 Å². The summed E-state index contributed by atoms with van der Waals surface area (Å²) in [6.45, 7) is 2.40. The minimum atomic E-state index is 1.10. The number of fused-ring (bicyclic) bond motifs is 3. The summed E-state index contributed by atoms with van der Waals surface area (Å²) in [7, 11) is 0. The first-order valence-corrected chi connectivity index (χ1v) is 7.38. The van der Waals surface area contributed by atoms with Crippen molar-refractivity contribution in [3.05, 3.63) is 0 Å². The van der Waals surface area contributed by atoms with Crippen LogP contribution < -0.4 is 0 Å². The lowest BCUT2D eigenvalue weighted by atomic mass is 9.62. The molecule has 0 amide bonds. The molecule has 3 fully saturated rings. The molecule has 0 saturated heterocycles. The first kappa shape index (κ1) is 10.2. The van der Waals surface area contributed by atoms with Crippen molar-refractivity contribution in [3.8, 4) is 0 Å². The average Bonchev–Trinajstić information content (AvgIpc) is 2.72. The van der Waals surface area contributed by atoms with Crippen LogP contribution in [0.3, 0.4) is 0 Å². The Balaban J connectivity index is 1.72. The van der Waals surface area contributed by atoms with E-state index < -0.39 is 0 Å². The molecule has 0 heteroatoms. The quantitative estimate of drug-likeness (QED) is 0.586. The Morgan fingerprint density at radius 2 is 1.60 bits per heavy atom. The van der Waals surface area contributed by atoms with Crippen molar-refractivity contribution in [3.63, 3.8) is 0 Å². The van der Waals surface area contributed by atoms with E-state index in [0.29, 0.717) is 0 Å². The number of rotatable bonds is 1. The molecule has 0 bridgehead atoms. The van der Waals surface area contributed by atoms with Gasteiger partial charge in [0.15, 0.2) is 0 Å². The van der Waals surface area contributed by atoms with E-state index in [-0.39, 0.29) is 0 Å². The van der Waals surface area contributed by atoms with Crippen LogP contribution in [0.5, 0.6) is 0 Å². The molecule has 0 spiro atoms. The predicted molar refractivity (Wildman–Crippen MR) is 64.7 cm³/mol. The molecular weight excluding hydrogens is 180 g/mol. The van der Waals surface area contributed by atoms with E-state index in [1.165, 1.54) is 12.8 Å². The van der Waals surface area contributed by atoms with Crippen molar-refractivity contribution in [2.75, 3.05) is 0 Å². The monoisotopic (exact) mass is 206 g/mol. The predicted octanol–water partition coefficient (Wildman–Crippen LogP) is 4.64. The van der Waals surface area contributed by atoms with Crippen LogP contribution in [0.2, 0.25) is 0 Å². The molecule has 3 saturated carbocycles. The van der Waals surface area contributed by atoms with Gasteiger partial charge in [0.25, 0.3) is 0 Å². The van der Waals surface area contributed by atoms with Gasteiger partial charge in [0.1, 0.15) is 0 Å². The van der Waals surface area contributed by atoms with Crippen molar-refractivity contribution in [2.45, 2.75) is 64.7 Å². The van der Waals surface area contributed by atoms with Gasteiger partial charge < -0.3 is 0 Å². The highest BCUT2D eigenvalue weighted by atomic mass is 14.5.